The molecule has 0 spiro atoms. The minimum Gasteiger partial charge on any atom is -0.494 e. The van der Waals surface area contributed by atoms with E-state index in [1.54, 1.807) is 12.3 Å². The third kappa shape index (κ3) is 6.83. The molecule has 2 aromatic carbocycles. The lowest BCUT2D eigenvalue weighted by atomic mass is 10.1. The molecule has 0 radical (unpaired) electrons. The second-order valence-electron chi connectivity index (χ2n) is 10.5. The van der Waals surface area contributed by atoms with Crippen molar-refractivity contribution in [2.45, 2.75) is 38.5 Å². The molecule has 3 heterocycles. The first-order valence-electron chi connectivity index (χ1n) is 14.2. The zero-order valence-corrected chi connectivity index (χ0v) is 22.4. The summed E-state index contributed by atoms with van der Waals surface area (Å²) in [7, 11) is 0. The number of piperazine rings is 1. The molecular formula is C31H40N4O3. The Morgan fingerprint density at radius 3 is 2.32 bits per heavy atom. The van der Waals surface area contributed by atoms with Crippen LogP contribution in [-0.4, -0.2) is 84.8 Å². The van der Waals surface area contributed by atoms with E-state index in [-0.39, 0.29) is 0 Å². The minimum absolute atomic E-state index is 0.305. The van der Waals surface area contributed by atoms with Crippen LogP contribution in [0.3, 0.4) is 0 Å². The van der Waals surface area contributed by atoms with E-state index in [0.29, 0.717) is 10.9 Å². The first-order chi connectivity index (χ1) is 18.7. The molecule has 2 saturated heterocycles. The van der Waals surface area contributed by atoms with Crippen LogP contribution in [0.25, 0.3) is 10.9 Å². The van der Waals surface area contributed by atoms with Gasteiger partial charge in [-0.2, -0.15) is 0 Å². The van der Waals surface area contributed by atoms with Crippen molar-refractivity contribution in [1.29, 1.82) is 0 Å². The molecule has 0 amide bonds. The molecule has 2 aliphatic heterocycles. The molecule has 0 aliphatic carbocycles. The molecule has 5 rings (SSSR count). The van der Waals surface area contributed by atoms with Gasteiger partial charge in [-0.25, -0.2) is 4.79 Å². The number of benzene rings is 2. The number of carboxylic acid groups (broad SMARTS) is 1. The van der Waals surface area contributed by atoms with Gasteiger partial charge in [-0.1, -0.05) is 37.1 Å². The number of aromatic nitrogens is 1. The second kappa shape index (κ2) is 13.1. The minimum atomic E-state index is -0.915. The molecule has 1 N–H and O–H groups in total. The van der Waals surface area contributed by atoms with E-state index in [1.165, 1.54) is 44.3 Å². The standard InChI is InChI=1S/C31H40N4O3/c36-31(37)28-13-15-32-30-27(28)7-5-8-29(30)35-22-20-34(21-23-35)19-14-25-9-11-26(12-10-25)38-24-6-18-33-16-3-1-2-4-17-33/h5,7-13,15H,1-4,6,14,16-24H2,(H,36,37). The van der Waals surface area contributed by atoms with E-state index in [9.17, 15) is 9.90 Å². The van der Waals surface area contributed by atoms with E-state index in [4.69, 9.17) is 4.74 Å². The Kier molecular flexibility index (Phi) is 9.10. The summed E-state index contributed by atoms with van der Waals surface area (Å²) in [6.45, 7) is 9.22. The van der Waals surface area contributed by atoms with Gasteiger partial charge in [0.1, 0.15) is 5.75 Å². The Morgan fingerprint density at radius 1 is 0.842 bits per heavy atom. The molecule has 3 aromatic rings. The van der Waals surface area contributed by atoms with Crippen molar-refractivity contribution in [2.75, 3.05) is 63.9 Å². The van der Waals surface area contributed by atoms with Gasteiger partial charge in [-0.15, -0.1) is 0 Å². The number of carbonyl (C=O) groups is 1. The molecule has 0 unspecified atom stereocenters. The summed E-state index contributed by atoms with van der Waals surface area (Å²) >= 11 is 0. The van der Waals surface area contributed by atoms with E-state index in [0.717, 1.165) is 75.7 Å². The molecule has 1 aromatic heterocycles. The maximum absolute atomic E-state index is 11.6. The fourth-order valence-corrected chi connectivity index (χ4v) is 5.69. The van der Waals surface area contributed by atoms with Crippen molar-refractivity contribution in [1.82, 2.24) is 14.8 Å². The number of fused-ring (bicyclic) bond motifs is 1. The summed E-state index contributed by atoms with van der Waals surface area (Å²) in [5.41, 5.74) is 3.43. The number of rotatable bonds is 10. The average molecular weight is 517 g/mol. The zero-order valence-electron chi connectivity index (χ0n) is 22.4. The van der Waals surface area contributed by atoms with Gasteiger partial charge in [0, 0.05) is 50.9 Å². The molecule has 7 heteroatoms. The predicted octanol–water partition coefficient (Wildman–Crippen LogP) is 4.94. The van der Waals surface area contributed by atoms with E-state index >= 15 is 0 Å². The SMILES string of the molecule is O=C(O)c1ccnc2c(N3CCN(CCc4ccc(OCCCN5CCCCCC5)cc4)CC3)cccc12. The summed E-state index contributed by atoms with van der Waals surface area (Å²) in [4.78, 5) is 23.6. The van der Waals surface area contributed by atoms with Gasteiger partial charge < -0.3 is 19.6 Å². The maximum atomic E-state index is 11.6. The van der Waals surface area contributed by atoms with Gasteiger partial charge in [-0.3, -0.25) is 9.88 Å². The van der Waals surface area contributed by atoms with Crippen molar-refractivity contribution in [2.24, 2.45) is 0 Å². The summed E-state index contributed by atoms with van der Waals surface area (Å²) in [5.74, 6) is 0.0511. The molecule has 0 saturated carbocycles. The number of hydrogen-bond donors (Lipinski definition) is 1. The molecule has 7 nitrogen and oxygen atoms in total. The number of anilines is 1. The normalized spacial score (nSPS) is 17.4. The third-order valence-electron chi connectivity index (χ3n) is 7.92. The fraction of sp³-hybridized carbons (Fsp3) is 0.484. The van der Waals surface area contributed by atoms with Crippen LogP contribution in [0.5, 0.6) is 5.75 Å². The van der Waals surface area contributed by atoms with Crippen molar-refractivity contribution >= 4 is 22.6 Å². The number of ether oxygens (including phenoxy) is 1. The Balaban J connectivity index is 1.05. The molecule has 0 atom stereocenters. The van der Waals surface area contributed by atoms with Gasteiger partial charge >= 0.3 is 5.97 Å². The number of hydrogen-bond acceptors (Lipinski definition) is 6. The van der Waals surface area contributed by atoms with E-state index < -0.39 is 5.97 Å². The van der Waals surface area contributed by atoms with Crippen LogP contribution in [-0.2, 0) is 6.42 Å². The van der Waals surface area contributed by atoms with Crippen LogP contribution < -0.4 is 9.64 Å². The lowest BCUT2D eigenvalue weighted by molar-refractivity contribution is 0.0699. The molecule has 2 aliphatic rings. The van der Waals surface area contributed by atoms with Crippen LogP contribution in [0.2, 0.25) is 0 Å². The summed E-state index contributed by atoms with van der Waals surface area (Å²) in [6.07, 6.45) is 9.16. The fourth-order valence-electron chi connectivity index (χ4n) is 5.69. The van der Waals surface area contributed by atoms with Crippen molar-refractivity contribution in [3.8, 4) is 5.75 Å². The Labute approximate surface area is 226 Å². The highest BCUT2D eigenvalue weighted by molar-refractivity contribution is 6.05. The smallest absolute Gasteiger partial charge is 0.336 e. The highest BCUT2D eigenvalue weighted by atomic mass is 16.5. The first-order valence-corrected chi connectivity index (χ1v) is 14.2. The van der Waals surface area contributed by atoms with Crippen LogP contribution in [0.1, 0.15) is 48.0 Å². The number of aromatic carboxylic acids is 1. The summed E-state index contributed by atoms with van der Waals surface area (Å²) < 4.78 is 6.00. The largest absolute Gasteiger partial charge is 0.494 e. The zero-order chi connectivity index (χ0) is 26.2. The van der Waals surface area contributed by atoms with Crippen molar-refractivity contribution in [3.63, 3.8) is 0 Å². The lowest BCUT2D eigenvalue weighted by Crippen LogP contribution is -2.47. The van der Waals surface area contributed by atoms with Crippen molar-refractivity contribution in [3.05, 3.63) is 65.9 Å². The number of pyridine rings is 1. The average Bonchev–Trinajstić information content (AvgIpc) is 3.23. The van der Waals surface area contributed by atoms with Gasteiger partial charge in [0.25, 0.3) is 0 Å². The van der Waals surface area contributed by atoms with Gasteiger partial charge in [0.15, 0.2) is 0 Å². The third-order valence-corrected chi connectivity index (χ3v) is 7.92. The van der Waals surface area contributed by atoms with Crippen LogP contribution in [0.4, 0.5) is 5.69 Å². The van der Waals surface area contributed by atoms with Gasteiger partial charge in [0.2, 0.25) is 0 Å². The number of likely N-dealkylation sites (tertiary alicyclic amines) is 1. The Morgan fingerprint density at radius 2 is 1.58 bits per heavy atom. The topological polar surface area (TPSA) is 69.1 Å². The summed E-state index contributed by atoms with van der Waals surface area (Å²) in [5, 5.41) is 10.2. The van der Waals surface area contributed by atoms with Crippen LogP contribution in [0.15, 0.2) is 54.7 Å². The van der Waals surface area contributed by atoms with Gasteiger partial charge in [-0.05, 0) is 68.6 Å². The molecule has 0 bridgehead atoms. The van der Waals surface area contributed by atoms with Crippen LogP contribution in [0, 0.1) is 0 Å². The van der Waals surface area contributed by atoms with Gasteiger partial charge in [0.05, 0.1) is 23.4 Å². The number of nitrogens with zero attached hydrogens (tertiary/aromatic N) is 4. The molecule has 202 valence electrons. The maximum Gasteiger partial charge on any atom is 0.336 e. The highest BCUT2D eigenvalue weighted by Crippen LogP contribution is 2.28. The number of carboxylic acids is 1. The molecule has 2 fully saturated rings. The Hall–Kier alpha value is -3.16. The molecular weight excluding hydrogens is 476 g/mol. The molecule has 38 heavy (non-hydrogen) atoms. The highest BCUT2D eigenvalue weighted by Gasteiger charge is 2.20. The van der Waals surface area contributed by atoms with Crippen LogP contribution >= 0.6 is 0 Å². The quantitative estimate of drug-likeness (QED) is 0.383. The first kappa shape index (κ1) is 26.4. The summed E-state index contributed by atoms with van der Waals surface area (Å²) in [6, 6.07) is 16.0. The van der Waals surface area contributed by atoms with E-state index in [1.807, 2.05) is 12.1 Å². The van der Waals surface area contributed by atoms with Crippen molar-refractivity contribution < 1.29 is 14.6 Å². The Bertz CT molecular complexity index is 1180. The van der Waals surface area contributed by atoms with E-state index in [2.05, 4.69) is 50.0 Å². The number of para-hydroxylation sites is 1. The predicted molar refractivity (Wildman–Crippen MR) is 153 cm³/mol. The monoisotopic (exact) mass is 516 g/mol. The lowest BCUT2D eigenvalue weighted by Gasteiger charge is -2.36. The second-order valence-corrected chi connectivity index (χ2v) is 10.5.